The molecule has 0 saturated carbocycles. The molecule has 1 aromatic carbocycles. The number of allylic oxidation sites excluding steroid dienone is 2. The largest absolute Gasteiger partial charge is 0.512 e. The predicted molar refractivity (Wildman–Crippen MR) is 142 cm³/mol. The van der Waals surface area contributed by atoms with Gasteiger partial charge in [0, 0.05) is 43.1 Å². The number of carbonyl (C=O) groups is 3. The first-order valence-electron chi connectivity index (χ1n) is 12.2. The van der Waals surface area contributed by atoms with Crippen molar-refractivity contribution in [2.45, 2.75) is 63.9 Å². The molecule has 2 unspecified atom stereocenters. The van der Waals surface area contributed by atoms with Gasteiger partial charge in [0.1, 0.15) is 5.76 Å². The van der Waals surface area contributed by atoms with E-state index in [2.05, 4.69) is 0 Å². The minimum absolute atomic E-state index is 0.0107. The number of ether oxygens (including phenoxy) is 3. The summed E-state index contributed by atoms with van der Waals surface area (Å²) >= 11 is 1.52. The van der Waals surface area contributed by atoms with Gasteiger partial charge in [-0.2, -0.15) is 11.8 Å². The van der Waals surface area contributed by atoms with E-state index in [4.69, 9.17) is 14.2 Å². The minimum Gasteiger partial charge on any atom is -0.512 e. The summed E-state index contributed by atoms with van der Waals surface area (Å²) < 4.78 is 15.3. The van der Waals surface area contributed by atoms with Crippen LogP contribution >= 0.6 is 11.8 Å². The predicted octanol–water partition coefficient (Wildman–Crippen LogP) is 4.47. The van der Waals surface area contributed by atoms with E-state index in [1.54, 1.807) is 40.0 Å². The number of hydrogen-bond donors (Lipinski definition) is 2. The molecule has 0 heterocycles. The van der Waals surface area contributed by atoms with E-state index in [1.165, 1.54) is 17.8 Å². The molecule has 0 fully saturated rings. The molecule has 2 rings (SSSR count). The number of rotatable bonds is 13. The van der Waals surface area contributed by atoms with E-state index in [0.717, 1.165) is 11.1 Å². The normalized spacial score (nSPS) is 18.4. The lowest BCUT2D eigenvalue weighted by Crippen LogP contribution is -2.28. The van der Waals surface area contributed by atoms with Gasteiger partial charge >= 0.3 is 11.9 Å². The summed E-state index contributed by atoms with van der Waals surface area (Å²) in [5, 5.41) is 21.1. The van der Waals surface area contributed by atoms with Crippen LogP contribution in [0.3, 0.4) is 0 Å². The van der Waals surface area contributed by atoms with Crippen molar-refractivity contribution in [1.82, 2.24) is 0 Å². The van der Waals surface area contributed by atoms with Crippen LogP contribution in [0.5, 0.6) is 0 Å². The molecular formula is C28H38O8S. The highest BCUT2D eigenvalue weighted by atomic mass is 32.2. The fraction of sp³-hybridized carbons (Fsp3) is 0.536. The van der Waals surface area contributed by atoms with Crippen molar-refractivity contribution in [3.8, 4) is 0 Å². The van der Waals surface area contributed by atoms with Crippen LogP contribution in [0.25, 0.3) is 0 Å². The summed E-state index contributed by atoms with van der Waals surface area (Å²) in [4.78, 5) is 35.8. The lowest BCUT2D eigenvalue weighted by atomic mass is 9.86. The number of aliphatic hydroxyl groups is 2. The molecule has 37 heavy (non-hydrogen) atoms. The lowest BCUT2D eigenvalue weighted by Gasteiger charge is -2.29. The highest BCUT2D eigenvalue weighted by Gasteiger charge is 2.30. The molecule has 0 bridgehead atoms. The first-order valence-corrected chi connectivity index (χ1v) is 13.5. The van der Waals surface area contributed by atoms with Crippen molar-refractivity contribution in [2.75, 3.05) is 20.2 Å². The molecule has 0 radical (unpaired) electrons. The Morgan fingerprint density at radius 2 is 1.97 bits per heavy atom. The van der Waals surface area contributed by atoms with E-state index in [9.17, 15) is 24.6 Å². The molecule has 4 atom stereocenters. The Hall–Kier alpha value is -2.62. The molecule has 0 amide bonds. The minimum atomic E-state index is -0.942. The Morgan fingerprint density at radius 3 is 2.57 bits per heavy atom. The second-order valence-corrected chi connectivity index (χ2v) is 11.1. The summed E-state index contributed by atoms with van der Waals surface area (Å²) in [5.74, 6) is -1.98. The molecular weight excluding hydrogens is 496 g/mol. The van der Waals surface area contributed by atoms with Crippen LogP contribution in [0.15, 0.2) is 48.3 Å². The van der Waals surface area contributed by atoms with Gasteiger partial charge in [0.15, 0.2) is 5.78 Å². The third-order valence-electron chi connectivity index (χ3n) is 6.02. The van der Waals surface area contributed by atoms with E-state index in [1.807, 2.05) is 30.5 Å². The van der Waals surface area contributed by atoms with E-state index >= 15 is 0 Å². The Balaban J connectivity index is 2.14. The Labute approximate surface area is 223 Å². The van der Waals surface area contributed by atoms with Crippen molar-refractivity contribution in [3.63, 3.8) is 0 Å². The molecule has 1 aliphatic rings. The van der Waals surface area contributed by atoms with Crippen LogP contribution in [0.1, 0.15) is 57.1 Å². The monoisotopic (exact) mass is 534 g/mol. The quantitative estimate of drug-likeness (QED) is 0.215. The zero-order valence-electron chi connectivity index (χ0n) is 22.1. The number of esters is 2. The van der Waals surface area contributed by atoms with Crippen molar-refractivity contribution >= 4 is 29.5 Å². The van der Waals surface area contributed by atoms with Crippen molar-refractivity contribution in [3.05, 3.63) is 59.4 Å². The van der Waals surface area contributed by atoms with Crippen LogP contribution in [0.2, 0.25) is 0 Å². The fourth-order valence-corrected chi connectivity index (χ4v) is 4.98. The van der Waals surface area contributed by atoms with E-state index < -0.39 is 42.1 Å². The SMILES string of the molecule is COCc1cccc(C(C(CCC(=O)OCOC(=O)C(C)(C)C)SC)[C@H](O)/C=C/[C@@H]2CC(=O)C=C2O)c1. The summed E-state index contributed by atoms with van der Waals surface area (Å²) in [6, 6.07) is 7.72. The number of hydrogen-bond acceptors (Lipinski definition) is 9. The average Bonchev–Trinajstić information content (AvgIpc) is 3.16. The standard InChI is InChI=1S/C28H38O8S/c1-28(2,3)27(33)36-17-35-25(32)12-11-24(37-5)26(20-8-6-7-18(13-20)16-34-4)22(30)10-9-19-14-21(29)15-23(19)31/h6-10,13,15,19,22,24,26,30-31H,11-12,14,16-17H2,1-5H3/b10-9+/t19-,22-,24?,26?/m1/s1. The topological polar surface area (TPSA) is 119 Å². The third-order valence-corrected chi connectivity index (χ3v) is 7.16. The maximum atomic E-state index is 12.3. The number of ketones is 1. The van der Waals surface area contributed by atoms with Crippen LogP contribution in [-0.4, -0.2) is 59.4 Å². The zero-order chi connectivity index (χ0) is 27.6. The number of thioether (sulfide) groups is 1. The van der Waals surface area contributed by atoms with E-state index in [-0.39, 0.29) is 29.6 Å². The zero-order valence-corrected chi connectivity index (χ0v) is 23.0. The molecule has 0 aromatic heterocycles. The molecule has 2 N–H and O–H groups in total. The van der Waals surface area contributed by atoms with E-state index in [0.29, 0.717) is 13.0 Å². The number of aliphatic hydroxyl groups excluding tert-OH is 2. The Bertz CT molecular complexity index is 994. The summed E-state index contributed by atoms with van der Waals surface area (Å²) in [5.41, 5.74) is 1.13. The van der Waals surface area contributed by atoms with Crippen molar-refractivity contribution < 1.29 is 38.8 Å². The molecule has 8 nitrogen and oxygen atoms in total. The van der Waals surface area contributed by atoms with Crippen LogP contribution in [0.4, 0.5) is 0 Å². The molecule has 0 saturated heterocycles. The highest BCUT2D eigenvalue weighted by molar-refractivity contribution is 7.99. The van der Waals surface area contributed by atoms with Gasteiger partial charge in [-0.3, -0.25) is 14.4 Å². The Morgan fingerprint density at radius 1 is 1.24 bits per heavy atom. The molecule has 0 spiro atoms. The number of carbonyl (C=O) groups excluding carboxylic acids is 3. The Kier molecular flexibility index (Phi) is 11.9. The maximum absolute atomic E-state index is 12.3. The summed E-state index contributed by atoms with van der Waals surface area (Å²) in [6.07, 6.45) is 6.09. The first-order chi connectivity index (χ1) is 17.5. The van der Waals surface area contributed by atoms with Crippen LogP contribution in [0, 0.1) is 11.3 Å². The molecule has 204 valence electrons. The second kappa shape index (κ2) is 14.4. The average molecular weight is 535 g/mol. The van der Waals surface area contributed by atoms with Crippen LogP contribution in [-0.2, 0) is 35.2 Å². The third kappa shape index (κ3) is 9.64. The lowest BCUT2D eigenvalue weighted by molar-refractivity contribution is -0.173. The van der Waals surface area contributed by atoms with Gasteiger partial charge in [0.05, 0.1) is 18.1 Å². The van der Waals surface area contributed by atoms with Gasteiger partial charge in [0.25, 0.3) is 0 Å². The van der Waals surface area contributed by atoms with Crippen molar-refractivity contribution in [1.29, 1.82) is 0 Å². The van der Waals surface area contributed by atoms with Gasteiger partial charge in [-0.1, -0.05) is 36.4 Å². The van der Waals surface area contributed by atoms with Crippen LogP contribution < -0.4 is 0 Å². The molecule has 0 aliphatic heterocycles. The molecule has 9 heteroatoms. The van der Waals surface area contributed by atoms with Gasteiger partial charge in [0.2, 0.25) is 6.79 Å². The summed E-state index contributed by atoms with van der Waals surface area (Å²) in [6.45, 7) is 5.11. The fourth-order valence-electron chi connectivity index (χ4n) is 4.02. The van der Waals surface area contributed by atoms with Crippen molar-refractivity contribution in [2.24, 2.45) is 11.3 Å². The number of methoxy groups -OCH3 is 1. The molecule has 1 aliphatic carbocycles. The van der Waals surface area contributed by atoms with Gasteiger partial charge in [-0.05, 0) is 44.6 Å². The molecule has 1 aromatic rings. The first kappa shape index (κ1) is 30.6. The maximum Gasteiger partial charge on any atom is 0.314 e. The summed E-state index contributed by atoms with van der Waals surface area (Å²) in [7, 11) is 1.61. The van der Waals surface area contributed by atoms with Gasteiger partial charge in [-0.25, -0.2) is 0 Å². The van der Waals surface area contributed by atoms with Gasteiger partial charge < -0.3 is 24.4 Å². The number of benzene rings is 1. The smallest absolute Gasteiger partial charge is 0.314 e. The highest BCUT2D eigenvalue weighted by Crippen LogP contribution is 2.35. The second-order valence-electron chi connectivity index (χ2n) is 10.1. The van der Waals surface area contributed by atoms with Gasteiger partial charge in [-0.15, -0.1) is 0 Å².